The first-order valence-corrected chi connectivity index (χ1v) is 5.73. The zero-order chi connectivity index (χ0) is 10.9. The van der Waals surface area contributed by atoms with Crippen LogP contribution in [0.15, 0.2) is 18.3 Å². The second-order valence-electron chi connectivity index (χ2n) is 4.46. The van der Waals surface area contributed by atoms with Crippen molar-refractivity contribution in [2.45, 2.75) is 37.0 Å². The molecule has 1 fully saturated rings. The molecule has 1 aromatic heterocycles. The van der Waals surface area contributed by atoms with Crippen LogP contribution >= 0.6 is 11.6 Å². The van der Waals surface area contributed by atoms with E-state index in [0.29, 0.717) is 0 Å². The van der Waals surface area contributed by atoms with Crippen LogP contribution in [0.4, 0.5) is 0 Å². The Labute approximate surface area is 95.6 Å². The van der Waals surface area contributed by atoms with E-state index < -0.39 is 0 Å². The lowest BCUT2D eigenvalue weighted by molar-refractivity contribution is 0.379. The summed E-state index contributed by atoms with van der Waals surface area (Å²) in [5.74, 6) is 0.880. The van der Waals surface area contributed by atoms with Crippen LogP contribution in [0.1, 0.15) is 31.9 Å². The zero-order valence-electron chi connectivity index (χ0n) is 9.16. The first kappa shape index (κ1) is 10.7. The Hall–Kier alpha value is -0.760. The van der Waals surface area contributed by atoms with Crippen molar-refractivity contribution in [2.24, 2.45) is 0 Å². The molecule has 1 saturated carbocycles. The fourth-order valence-electron chi connectivity index (χ4n) is 2.39. The van der Waals surface area contributed by atoms with Gasteiger partial charge in [0.15, 0.2) is 0 Å². The van der Waals surface area contributed by atoms with E-state index >= 15 is 0 Å². The molecule has 0 N–H and O–H groups in total. The normalized spacial score (nSPS) is 30.5. The van der Waals surface area contributed by atoms with Gasteiger partial charge in [-0.1, -0.05) is 6.92 Å². The Kier molecular flexibility index (Phi) is 2.87. The smallest absolute Gasteiger partial charge is 0.140 e. The molecule has 1 aliphatic rings. The van der Waals surface area contributed by atoms with Crippen LogP contribution in [-0.4, -0.2) is 17.5 Å². The molecule has 0 radical (unpaired) electrons. The minimum atomic E-state index is 0.0824. The number of ether oxygens (including phenoxy) is 1. The molecule has 2 nitrogen and oxygen atoms in total. The minimum Gasteiger partial charge on any atom is -0.495 e. The molecule has 0 spiro atoms. The van der Waals surface area contributed by atoms with Gasteiger partial charge in [0.25, 0.3) is 0 Å². The number of hydrogen-bond acceptors (Lipinski definition) is 2. The summed E-state index contributed by atoms with van der Waals surface area (Å²) in [6.45, 7) is 2.22. The number of methoxy groups -OCH3 is 1. The number of halogens is 1. The van der Waals surface area contributed by atoms with E-state index in [1.807, 2.05) is 18.3 Å². The minimum absolute atomic E-state index is 0.0824. The standard InChI is InChI=1S/C12H16ClNO/c1-12(6-5-9(13)8-12)11-10(15-2)4-3-7-14-11/h3-4,7,9H,5-6,8H2,1-2H3. The van der Waals surface area contributed by atoms with Crippen molar-refractivity contribution in [1.82, 2.24) is 4.98 Å². The van der Waals surface area contributed by atoms with E-state index in [1.54, 1.807) is 7.11 Å². The van der Waals surface area contributed by atoms with Gasteiger partial charge in [-0.25, -0.2) is 0 Å². The van der Waals surface area contributed by atoms with E-state index in [1.165, 1.54) is 0 Å². The van der Waals surface area contributed by atoms with Crippen LogP contribution in [0.25, 0.3) is 0 Å². The van der Waals surface area contributed by atoms with Crippen molar-refractivity contribution in [3.8, 4) is 5.75 Å². The summed E-state index contributed by atoms with van der Waals surface area (Å²) in [5.41, 5.74) is 1.13. The molecule has 0 aromatic carbocycles. The molecule has 3 heteroatoms. The molecule has 82 valence electrons. The van der Waals surface area contributed by atoms with Crippen molar-refractivity contribution < 1.29 is 4.74 Å². The maximum atomic E-state index is 6.17. The molecule has 0 aliphatic heterocycles. The second kappa shape index (κ2) is 4.01. The molecular formula is C12H16ClNO. The Morgan fingerprint density at radius 2 is 2.40 bits per heavy atom. The monoisotopic (exact) mass is 225 g/mol. The predicted molar refractivity (Wildman–Crippen MR) is 61.6 cm³/mol. The van der Waals surface area contributed by atoms with E-state index in [9.17, 15) is 0 Å². The predicted octanol–water partition coefficient (Wildman–Crippen LogP) is 3.14. The molecular weight excluding hydrogens is 210 g/mol. The molecule has 15 heavy (non-hydrogen) atoms. The van der Waals surface area contributed by atoms with Gasteiger partial charge < -0.3 is 4.74 Å². The summed E-state index contributed by atoms with van der Waals surface area (Å²) in [7, 11) is 1.69. The molecule has 2 atom stereocenters. The summed E-state index contributed by atoms with van der Waals surface area (Å²) in [6, 6.07) is 3.87. The van der Waals surface area contributed by atoms with Gasteiger partial charge in [-0.05, 0) is 31.4 Å². The fourth-order valence-corrected chi connectivity index (χ4v) is 2.84. The molecule has 2 rings (SSSR count). The van der Waals surface area contributed by atoms with E-state index in [-0.39, 0.29) is 10.8 Å². The third kappa shape index (κ3) is 1.96. The van der Waals surface area contributed by atoms with Gasteiger partial charge in [-0.3, -0.25) is 4.98 Å². The van der Waals surface area contributed by atoms with Gasteiger partial charge in [-0.15, -0.1) is 11.6 Å². The van der Waals surface area contributed by atoms with Crippen LogP contribution < -0.4 is 4.74 Å². The number of rotatable bonds is 2. The summed E-state index contributed by atoms with van der Waals surface area (Å²) in [6.07, 6.45) is 4.97. The van der Waals surface area contributed by atoms with Gasteiger partial charge in [0.1, 0.15) is 5.75 Å². The Bertz CT molecular complexity index is 355. The van der Waals surface area contributed by atoms with E-state index in [0.717, 1.165) is 30.7 Å². The summed E-state index contributed by atoms with van der Waals surface area (Å²) in [5, 5.41) is 0.279. The highest BCUT2D eigenvalue weighted by atomic mass is 35.5. The van der Waals surface area contributed by atoms with Crippen LogP contribution in [0.2, 0.25) is 0 Å². The van der Waals surface area contributed by atoms with Crippen LogP contribution in [0.5, 0.6) is 5.75 Å². The topological polar surface area (TPSA) is 22.1 Å². The van der Waals surface area contributed by atoms with Crippen LogP contribution in [0, 0.1) is 0 Å². The lowest BCUT2D eigenvalue weighted by Gasteiger charge is -2.24. The average molecular weight is 226 g/mol. The molecule has 1 heterocycles. The van der Waals surface area contributed by atoms with Crippen molar-refractivity contribution in [1.29, 1.82) is 0 Å². The first-order chi connectivity index (χ1) is 7.15. The van der Waals surface area contributed by atoms with E-state index in [2.05, 4.69) is 11.9 Å². The van der Waals surface area contributed by atoms with Gasteiger partial charge in [0, 0.05) is 17.0 Å². The van der Waals surface area contributed by atoms with Gasteiger partial charge in [0.05, 0.1) is 12.8 Å². The summed E-state index contributed by atoms with van der Waals surface area (Å²) in [4.78, 5) is 4.45. The highest BCUT2D eigenvalue weighted by Gasteiger charge is 2.38. The molecule has 0 saturated heterocycles. The lowest BCUT2D eigenvalue weighted by atomic mass is 9.84. The van der Waals surface area contributed by atoms with Crippen molar-refractivity contribution in [3.05, 3.63) is 24.0 Å². The molecule has 1 aliphatic carbocycles. The highest BCUT2D eigenvalue weighted by Crippen LogP contribution is 2.44. The summed E-state index contributed by atoms with van der Waals surface area (Å²) < 4.78 is 5.35. The SMILES string of the molecule is COc1cccnc1C1(C)CCC(Cl)C1. The average Bonchev–Trinajstić information content (AvgIpc) is 2.60. The second-order valence-corrected chi connectivity index (χ2v) is 5.07. The van der Waals surface area contributed by atoms with Crippen LogP contribution in [0.3, 0.4) is 0 Å². The Morgan fingerprint density at radius 1 is 1.60 bits per heavy atom. The van der Waals surface area contributed by atoms with Crippen molar-refractivity contribution >= 4 is 11.6 Å². The highest BCUT2D eigenvalue weighted by molar-refractivity contribution is 6.20. The third-order valence-corrected chi connectivity index (χ3v) is 3.62. The Morgan fingerprint density at radius 3 is 3.00 bits per heavy atom. The zero-order valence-corrected chi connectivity index (χ0v) is 9.92. The van der Waals surface area contributed by atoms with Gasteiger partial charge in [0.2, 0.25) is 0 Å². The maximum absolute atomic E-state index is 6.17. The number of hydrogen-bond donors (Lipinski definition) is 0. The van der Waals surface area contributed by atoms with E-state index in [4.69, 9.17) is 16.3 Å². The number of nitrogens with zero attached hydrogens (tertiary/aromatic N) is 1. The molecule has 1 aromatic rings. The van der Waals surface area contributed by atoms with Gasteiger partial charge >= 0.3 is 0 Å². The largest absolute Gasteiger partial charge is 0.495 e. The summed E-state index contributed by atoms with van der Waals surface area (Å²) >= 11 is 6.17. The molecule has 2 unspecified atom stereocenters. The van der Waals surface area contributed by atoms with Crippen molar-refractivity contribution in [3.63, 3.8) is 0 Å². The Balaban J connectivity index is 2.36. The molecule has 0 bridgehead atoms. The number of alkyl halides is 1. The quantitative estimate of drug-likeness (QED) is 0.722. The number of aromatic nitrogens is 1. The van der Waals surface area contributed by atoms with Gasteiger partial charge in [-0.2, -0.15) is 0 Å². The van der Waals surface area contributed by atoms with Crippen LogP contribution in [-0.2, 0) is 5.41 Å². The fraction of sp³-hybridized carbons (Fsp3) is 0.583. The van der Waals surface area contributed by atoms with Crippen molar-refractivity contribution in [2.75, 3.05) is 7.11 Å². The third-order valence-electron chi connectivity index (χ3n) is 3.24. The molecule has 0 amide bonds. The lowest BCUT2D eigenvalue weighted by Crippen LogP contribution is -2.20. The number of pyridine rings is 1. The first-order valence-electron chi connectivity index (χ1n) is 5.29. The maximum Gasteiger partial charge on any atom is 0.140 e.